The lowest BCUT2D eigenvalue weighted by molar-refractivity contribution is 0.405. The number of halogens is 4. The van der Waals surface area contributed by atoms with Gasteiger partial charge in [0, 0.05) is 22.7 Å². The van der Waals surface area contributed by atoms with Gasteiger partial charge in [0.1, 0.15) is 17.4 Å². The fraction of sp³-hybridized carbons (Fsp3) is 0.200. The molecule has 0 amide bonds. The van der Waals surface area contributed by atoms with Crippen LogP contribution in [0.2, 0.25) is 5.02 Å². The maximum atomic E-state index is 14.0. The lowest BCUT2D eigenvalue weighted by Crippen LogP contribution is -2.02. The minimum Gasteiger partial charge on any atom is -0.497 e. The van der Waals surface area contributed by atoms with Crippen LogP contribution in [0.4, 0.5) is 8.78 Å². The highest BCUT2D eigenvalue weighted by Gasteiger charge is 2.21. The van der Waals surface area contributed by atoms with Crippen LogP contribution in [0.3, 0.4) is 0 Å². The molecule has 2 aromatic rings. The maximum Gasteiger partial charge on any atom is 0.134 e. The van der Waals surface area contributed by atoms with Crippen molar-refractivity contribution in [3.63, 3.8) is 0 Å². The summed E-state index contributed by atoms with van der Waals surface area (Å²) in [5.74, 6) is -1.19. The molecule has 0 spiro atoms. The van der Waals surface area contributed by atoms with Crippen molar-refractivity contribution in [2.75, 3.05) is 7.11 Å². The van der Waals surface area contributed by atoms with E-state index in [9.17, 15) is 8.78 Å². The molecular formula is C15H12BrClF2O. The first kappa shape index (κ1) is 15.3. The standard InChI is InChI=1S/C15H12BrClF2O/c1-8-3-4-9(5-11(8)17)15(16)14-12(18)6-10(20-2)7-13(14)19/h3-7,15H,1-2H3. The van der Waals surface area contributed by atoms with Crippen LogP contribution in [-0.2, 0) is 0 Å². The molecule has 0 saturated heterocycles. The van der Waals surface area contributed by atoms with E-state index in [1.807, 2.05) is 13.0 Å². The predicted octanol–water partition coefficient (Wildman–Crippen LogP) is 5.42. The first-order valence-corrected chi connectivity index (χ1v) is 7.16. The summed E-state index contributed by atoms with van der Waals surface area (Å²) >= 11 is 9.37. The third kappa shape index (κ3) is 2.96. The maximum absolute atomic E-state index is 14.0. The second-order valence-corrected chi connectivity index (χ2v) is 5.70. The monoisotopic (exact) mass is 360 g/mol. The Hall–Kier alpha value is -1.13. The van der Waals surface area contributed by atoms with Gasteiger partial charge in [0.25, 0.3) is 0 Å². The Labute approximate surface area is 129 Å². The smallest absolute Gasteiger partial charge is 0.134 e. The van der Waals surface area contributed by atoms with Crippen LogP contribution in [0.5, 0.6) is 5.75 Å². The molecule has 0 aliphatic heterocycles. The van der Waals surface area contributed by atoms with Crippen molar-refractivity contribution in [1.82, 2.24) is 0 Å². The van der Waals surface area contributed by atoms with Crippen molar-refractivity contribution >= 4 is 27.5 Å². The van der Waals surface area contributed by atoms with Gasteiger partial charge >= 0.3 is 0 Å². The highest BCUT2D eigenvalue weighted by atomic mass is 79.9. The summed E-state index contributed by atoms with van der Waals surface area (Å²) in [6.45, 7) is 1.86. The van der Waals surface area contributed by atoms with Crippen LogP contribution in [0.15, 0.2) is 30.3 Å². The van der Waals surface area contributed by atoms with Crippen LogP contribution >= 0.6 is 27.5 Å². The van der Waals surface area contributed by atoms with Crippen LogP contribution in [0.1, 0.15) is 21.5 Å². The number of hydrogen-bond donors (Lipinski definition) is 0. The molecule has 0 fully saturated rings. The third-order valence-electron chi connectivity index (χ3n) is 3.03. The van der Waals surface area contributed by atoms with Crippen LogP contribution in [0.25, 0.3) is 0 Å². The van der Waals surface area contributed by atoms with Crippen molar-refractivity contribution in [3.05, 3.63) is 63.7 Å². The number of hydrogen-bond acceptors (Lipinski definition) is 1. The van der Waals surface area contributed by atoms with Gasteiger partial charge in [0.15, 0.2) is 0 Å². The molecule has 0 radical (unpaired) electrons. The van der Waals surface area contributed by atoms with Crippen molar-refractivity contribution in [2.45, 2.75) is 11.8 Å². The van der Waals surface area contributed by atoms with E-state index in [0.717, 1.165) is 17.7 Å². The normalized spacial score (nSPS) is 12.3. The van der Waals surface area contributed by atoms with E-state index in [2.05, 4.69) is 15.9 Å². The summed E-state index contributed by atoms with van der Waals surface area (Å²) in [6.07, 6.45) is 0. The Morgan fingerprint density at radius 2 is 1.75 bits per heavy atom. The zero-order valence-corrected chi connectivity index (χ0v) is 13.2. The van der Waals surface area contributed by atoms with Crippen LogP contribution in [0, 0.1) is 18.6 Å². The number of rotatable bonds is 3. The SMILES string of the molecule is COc1cc(F)c(C(Br)c2ccc(C)c(Cl)c2)c(F)c1. The lowest BCUT2D eigenvalue weighted by Gasteiger charge is -2.15. The Bertz CT molecular complexity index is 623. The summed E-state index contributed by atoms with van der Waals surface area (Å²) in [5.41, 5.74) is 1.53. The molecule has 1 nitrogen and oxygen atoms in total. The summed E-state index contributed by atoms with van der Waals surface area (Å²) < 4.78 is 32.9. The second-order valence-electron chi connectivity index (χ2n) is 4.38. The van der Waals surface area contributed by atoms with E-state index in [1.54, 1.807) is 12.1 Å². The molecule has 0 saturated carbocycles. The molecular weight excluding hydrogens is 350 g/mol. The van der Waals surface area contributed by atoms with E-state index in [-0.39, 0.29) is 11.3 Å². The summed E-state index contributed by atoms with van der Waals surface area (Å²) in [6, 6.07) is 7.60. The van der Waals surface area contributed by atoms with Crippen molar-refractivity contribution in [1.29, 1.82) is 0 Å². The highest BCUT2D eigenvalue weighted by Crippen LogP contribution is 2.37. The van der Waals surface area contributed by atoms with Gasteiger partial charge in [-0.1, -0.05) is 39.7 Å². The molecule has 0 aliphatic rings. The molecule has 0 bridgehead atoms. The Morgan fingerprint density at radius 1 is 1.15 bits per heavy atom. The van der Waals surface area contributed by atoms with E-state index < -0.39 is 16.5 Å². The third-order valence-corrected chi connectivity index (χ3v) is 4.42. The molecule has 1 unspecified atom stereocenters. The first-order valence-electron chi connectivity index (χ1n) is 5.87. The summed E-state index contributed by atoms with van der Waals surface area (Å²) in [7, 11) is 1.36. The van der Waals surface area contributed by atoms with Crippen LogP contribution in [-0.4, -0.2) is 7.11 Å². The molecule has 0 N–H and O–H groups in total. The Kier molecular flexibility index (Phi) is 4.66. The number of alkyl halides is 1. The predicted molar refractivity (Wildman–Crippen MR) is 79.9 cm³/mol. The second kappa shape index (κ2) is 6.10. The quantitative estimate of drug-likeness (QED) is 0.663. The van der Waals surface area contributed by atoms with Gasteiger partial charge in [-0.3, -0.25) is 0 Å². The van der Waals surface area contributed by atoms with E-state index >= 15 is 0 Å². The molecule has 20 heavy (non-hydrogen) atoms. The van der Waals surface area contributed by atoms with E-state index in [0.29, 0.717) is 10.6 Å². The zero-order valence-electron chi connectivity index (χ0n) is 10.9. The zero-order chi connectivity index (χ0) is 14.9. The largest absolute Gasteiger partial charge is 0.497 e. The first-order chi connectivity index (χ1) is 9.43. The van der Waals surface area contributed by atoms with E-state index in [1.165, 1.54) is 7.11 Å². The Morgan fingerprint density at radius 3 is 2.25 bits per heavy atom. The van der Waals surface area contributed by atoms with Crippen molar-refractivity contribution < 1.29 is 13.5 Å². The van der Waals surface area contributed by atoms with Gasteiger partial charge in [-0.05, 0) is 24.1 Å². The van der Waals surface area contributed by atoms with Gasteiger partial charge < -0.3 is 4.74 Å². The molecule has 0 aliphatic carbocycles. The molecule has 2 rings (SSSR count). The van der Waals surface area contributed by atoms with Gasteiger partial charge in [-0.2, -0.15) is 0 Å². The van der Waals surface area contributed by atoms with Crippen molar-refractivity contribution in [2.24, 2.45) is 0 Å². The molecule has 106 valence electrons. The molecule has 5 heteroatoms. The lowest BCUT2D eigenvalue weighted by atomic mass is 10.0. The minimum absolute atomic E-state index is 0.0641. The fourth-order valence-corrected chi connectivity index (χ4v) is 2.77. The minimum atomic E-state index is -0.666. The van der Waals surface area contributed by atoms with E-state index in [4.69, 9.17) is 16.3 Å². The number of ether oxygens (including phenoxy) is 1. The molecule has 0 aromatic heterocycles. The summed E-state index contributed by atoms with van der Waals surface area (Å²) in [4.78, 5) is -0.619. The van der Waals surface area contributed by atoms with Gasteiger partial charge in [0.2, 0.25) is 0 Å². The average molecular weight is 362 g/mol. The molecule has 2 aromatic carbocycles. The number of methoxy groups -OCH3 is 1. The highest BCUT2D eigenvalue weighted by molar-refractivity contribution is 9.09. The topological polar surface area (TPSA) is 9.23 Å². The molecule has 1 atom stereocenters. The fourth-order valence-electron chi connectivity index (χ4n) is 1.85. The van der Waals surface area contributed by atoms with Gasteiger partial charge in [-0.15, -0.1) is 0 Å². The summed E-state index contributed by atoms with van der Waals surface area (Å²) in [5, 5.41) is 0.557. The van der Waals surface area contributed by atoms with Crippen molar-refractivity contribution in [3.8, 4) is 5.75 Å². The molecule has 0 heterocycles. The average Bonchev–Trinajstić information content (AvgIpc) is 2.40. The van der Waals surface area contributed by atoms with Gasteiger partial charge in [0.05, 0.1) is 11.9 Å². The number of aryl methyl sites for hydroxylation is 1. The van der Waals surface area contributed by atoms with Crippen LogP contribution < -0.4 is 4.74 Å². The van der Waals surface area contributed by atoms with Gasteiger partial charge in [-0.25, -0.2) is 8.78 Å². The number of benzene rings is 2. The Balaban J connectivity index is 2.47.